The maximum Gasteiger partial charge on any atom is 0.200 e. The number of halogens is 3. The molecule has 0 bridgehead atoms. The molecular formula is C14H11BrF2N2O. The minimum absolute atomic E-state index is 0.0495. The zero-order chi connectivity index (χ0) is 14.7. The molecule has 0 spiro atoms. The molecule has 0 aliphatic rings. The van der Waals surface area contributed by atoms with Gasteiger partial charge in [-0.05, 0) is 23.8 Å². The molecule has 0 radical (unpaired) electrons. The van der Waals surface area contributed by atoms with Gasteiger partial charge in [-0.25, -0.2) is 4.39 Å². The second-order valence-electron chi connectivity index (χ2n) is 4.10. The minimum atomic E-state index is -1.03. The fraction of sp³-hybridized carbons (Fsp3) is 0.0714. The van der Waals surface area contributed by atoms with Gasteiger partial charge in [-0.15, -0.1) is 0 Å². The number of ether oxygens (including phenoxy) is 1. The highest BCUT2D eigenvalue weighted by atomic mass is 79.9. The highest BCUT2D eigenvalue weighted by Crippen LogP contribution is 2.26. The standard InChI is InChI=1S/C14H11BrF2N2O/c15-10-5-11(16)13(17)12(6-10)20-7-8-2-1-3-9(4-8)14(18)19/h1-6H,7H2,(H3,18,19). The Bertz CT molecular complexity index is 662. The number of rotatable bonds is 4. The van der Waals surface area contributed by atoms with Crippen LogP contribution >= 0.6 is 15.9 Å². The normalized spacial score (nSPS) is 10.3. The summed E-state index contributed by atoms with van der Waals surface area (Å²) in [5.41, 5.74) is 6.63. The van der Waals surface area contributed by atoms with Crippen molar-refractivity contribution in [1.82, 2.24) is 0 Å². The zero-order valence-electron chi connectivity index (χ0n) is 10.3. The van der Waals surface area contributed by atoms with Gasteiger partial charge in [0.15, 0.2) is 11.6 Å². The van der Waals surface area contributed by atoms with E-state index in [4.69, 9.17) is 15.9 Å². The molecule has 0 aliphatic carbocycles. The number of nitrogens with two attached hydrogens (primary N) is 1. The fourth-order valence-electron chi connectivity index (χ4n) is 1.63. The van der Waals surface area contributed by atoms with Crippen LogP contribution in [-0.2, 0) is 6.61 Å². The van der Waals surface area contributed by atoms with Crippen molar-refractivity contribution >= 4 is 21.8 Å². The maximum absolute atomic E-state index is 13.5. The van der Waals surface area contributed by atoms with E-state index in [0.29, 0.717) is 15.6 Å². The molecule has 0 fully saturated rings. The molecule has 0 aromatic heterocycles. The molecule has 2 aromatic rings. The van der Waals surface area contributed by atoms with E-state index in [2.05, 4.69) is 15.9 Å². The molecule has 2 rings (SSSR count). The molecule has 20 heavy (non-hydrogen) atoms. The van der Waals surface area contributed by atoms with Crippen molar-refractivity contribution in [1.29, 1.82) is 5.41 Å². The van der Waals surface area contributed by atoms with Gasteiger partial charge < -0.3 is 10.5 Å². The topological polar surface area (TPSA) is 59.1 Å². The Balaban J connectivity index is 2.17. The Morgan fingerprint density at radius 3 is 2.70 bits per heavy atom. The predicted octanol–water partition coefficient (Wildman–Crippen LogP) is 3.59. The molecule has 2 aromatic carbocycles. The lowest BCUT2D eigenvalue weighted by molar-refractivity contribution is 0.284. The summed E-state index contributed by atoms with van der Waals surface area (Å²) in [4.78, 5) is 0. The van der Waals surface area contributed by atoms with Gasteiger partial charge in [-0.1, -0.05) is 34.1 Å². The SMILES string of the molecule is N=C(N)c1cccc(COc2cc(Br)cc(F)c2F)c1. The highest BCUT2D eigenvalue weighted by molar-refractivity contribution is 9.10. The summed E-state index contributed by atoms with van der Waals surface area (Å²) in [6, 6.07) is 9.19. The van der Waals surface area contributed by atoms with E-state index in [9.17, 15) is 8.78 Å². The van der Waals surface area contributed by atoms with Crippen LogP contribution in [0.3, 0.4) is 0 Å². The van der Waals surface area contributed by atoms with Gasteiger partial charge in [0.05, 0.1) is 0 Å². The number of benzene rings is 2. The van der Waals surface area contributed by atoms with E-state index >= 15 is 0 Å². The molecule has 0 aliphatic heterocycles. The lowest BCUT2D eigenvalue weighted by Gasteiger charge is -2.09. The molecule has 3 N–H and O–H groups in total. The summed E-state index contributed by atoms with van der Waals surface area (Å²) in [6.45, 7) is 0.0495. The number of hydrogen-bond donors (Lipinski definition) is 2. The highest BCUT2D eigenvalue weighted by Gasteiger charge is 2.11. The summed E-state index contributed by atoms with van der Waals surface area (Å²) < 4.78 is 32.4. The van der Waals surface area contributed by atoms with Gasteiger partial charge in [0.1, 0.15) is 12.4 Å². The molecule has 0 saturated carbocycles. The number of nitrogens with one attached hydrogen (secondary N) is 1. The van der Waals surface area contributed by atoms with Crippen molar-refractivity contribution < 1.29 is 13.5 Å². The second-order valence-corrected chi connectivity index (χ2v) is 5.02. The van der Waals surface area contributed by atoms with Crippen LogP contribution in [0.1, 0.15) is 11.1 Å². The minimum Gasteiger partial charge on any atom is -0.486 e. The largest absolute Gasteiger partial charge is 0.486 e. The van der Waals surface area contributed by atoms with E-state index in [1.165, 1.54) is 6.07 Å². The summed E-state index contributed by atoms with van der Waals surface area (Å²) in [5, 5.41) is 7.34. The Labute approximate surface area is 123 Å². The van der Waals surface area contributed by atoms with Gasteiger partial charge >= 0.3 is 0 Å². The number of hydrogen-bond acceptors (Lipinski definition) is 2. The number of nitrogen functional groups attached to an aromatic ring is 1. The molecule has 0 heterocycles. The van der Waals surface area contributed by atoms with Crippen molar-refractivity contribution in [3.8, 4) is 5.75 Å². The number of amidine groups is 1. The van der Waals surface area contributed by atoms with E-state index in [0.717, 1.165) is 6.07 Å². The van der Waals surface area contributed by atoms with Gasteiger partial charge in [0.25, 0.3) is 0 Å². The molecule has 0 unspecified atom stereocenters. The lowest BCUT2D eigenvalue weighted by Crippen LogP contribution is -2.11. The van der Waals surface area contributed by atoms with Crippen LogP contribution in [0.25, 0.3) is 0 Å². The first-order valence-electron chi connectivity index (χ1n) is 5.68. The molecule has 6 heteroatoms. The molecular weight excluding hydrogens is 330 g/mol. The average molecular weight is 341 g/mol. The van der Waals surface area contributed by atoms with E-state index in [1.54, 1.807) is 24.3 Å². The van der Waals surface area contributed by atoms with Crippen molar-refractivity contribution in [2.45, 2.75) is 6.61 Å². The van der Waals surface area contributed by atoms with Crippen molar-refractivity contribution in [2.24, 2.45) is 5.73 Å². The van der Waals surface area contributed by atoms with Crippen LogP contribution < -0.4 is 10.5 Å². The maximum atomic E-state index is 13.5. The van der Waals surface area contributed by atoms with Crippen molar-refractivity contribution in [2.75, 3.05) is 0 Å². The Morgan fingerprint density at radius 1 is 1.25 bits per heavy atom. The van der Waals surface area contributed by atoms with E-state index in [-0.39, 0.29) is 18.2 Å². The van der Waals surface area contributed by atoms with Crippen LogP contribution in [0.15, 0.2) is 40.9 Å². The van der Waals surface area contributed by atoms with Gasteiger partial charge in [0.2, 0.25) is 5.82 Å². The van der Waals surface area contributed by atoms with E-state index in [1.807, 2.05) is 0 Å². The van der Waals surface area contributed by atoms with Crippen LogP contribution in [0.2, 0.25) is 0 Å². The third kappa shape index (κ3) is 3.33. The quantitative estimate of drug-likeness (QED) is 0.507. The van der Waals surface area contributed by atoms with Gasteiger partial charge in [-0.3, -0.25) is 5.41 Å². The van der Waals surface area contributed by atoms with Gasteiger partial charge in [-0.2, -0.15) is 4.39 Å². The van der Waals surface area contributed by atoms with E-state index < -0.39 is 11.6 Å². The first-order valence-corrected chi connectivity index (χ1v) is 6.47. The molecule has 104 valence electrons. The monoisotopic (exact) mass is 340 g/mol. The second kappa shape index (κ2) is 6.00. The van der Waals surface area contributed by atoms with Crippen LogP contribution in [0, 0.1) is 17.0 Å². The van der Waals surface area contributed by atoms with Crippen molar-refractivity contribution in [3.05, 3.63) is 63.6 Å². The molecule has 0 amide bonds. The Kier molecular flexibility index (Phi) is 4.34. The van der Waals surface area contributed by atoms with Crippen LogP contribution in [0.5, 0.6) is 5.75 Å². The first-order chi connectivity index (χ1) is 9.47. The molecule has 0 atom stereocenters. The van der Waals surface area contributed by atoms with Crippen LogP contribution in [0.4, 0.5) is 8.78 Å². The summed E-state index contributed by atoms with van der Waals surface area (Å²) in [5.74, 6) is -2.25. The summed E-state index contributed by atoms with van der Waals surface area (Å²) in [6.07, 6.45) is 0. The predicted molar refractivity (Wildman–Crippen MR) is 75.8 cm³/mol. The molecule has 3 nitrogen and oxygen atoms in total. The Hall–Kier alpha value is -1.95. The smallest absolute Gasteiger partial charge is 0.200 e. The summed E-state index contributed by atoms with van der Waals surface area (Å²) >= 11 is 3.07. The Morgan fingerprint density at radius 2 is 2.00 bits per heavy atom. The third-order valence-electron chi connectivity index (χ3n) is 2.59. The van der Waals surface area contributed by atoms with Gasteiger partial charge in [0, 0.05) is 10.0 Å². The fourth-order valence-corrected chi connectivity index (χ4v) is 2.04. The zero-order valence-corrected chi connectivity index (χ0v) is 11.9. The molecule has 0 saturated heterocycles. The summed E-state index contributed by atoms with van der Waals surface area (Å²) in [7, 11) is 0. The van der Waals surface area contributed by atoms with Crippen molar-refractivity contribution in [3.63, 3.8) is 0 Å². The van der Waals surface area contributed by atoms with Crippen LogP contribution in [-0.4, -0.2) is 5.84 Å². The third-order valence-corrected chi connectivity index (χ3v) is 3.05. The average Bonchev–Trinajstić information content (AvgIpc) is 2.41. The first kappa shape index (κ1) is 14.5. The lowest BCUT2D eigenvalue weighted by atomic mass is 10.1.